The molecule has 6 aliphatic rings. The molecule has 0 bridgehead atoms. The molecule has 0 unspecified atom stereocenters. The van der Waals surface area contributed by atoms with Gasteiger partial charge >= 0.3 is 6.01 Å². The summed E-state index contributed by atoms with van der Waals surface area (Å²) < 4.78 is 39.1. The monoisotopic (exact) mass is 782 g/mol. The van der Waals surface area contributed by atoms with Gasteiger partial charge in [-0.25, -0.2) is 8.78 Å². The topological polar surface area (TPSA) is 134 Å². The first kappa shape index (κ1) is 35.1. The second kappa shape index (κ2) is 12.6. The molecule has 5 saturated heterocycles. The van der Waals surface area contributed by atoms with Gasteiger partial charge in [0.25, 0.3) is 0 Å². The summed E-state index contributed by atoms with van der Waals surface area (Å²) in [6.07, 6.45) is 7.47. The molecule has 14 heteroatoms. The number of nitrogen functional groups attached to an aromatic ring is 1. The lowest BCUT2D eigenvalue weighted by Gasteiger charge is -2.45. The number of hydrogen-bond acceptors (Lipinski definition) is 10. The number of fused-ring (bicyclic) bond motifs is 3. The predicted molar refractivity (Wildman–Crippen MR) is 210 cm³/mol. The molecule has 4 aromatic rings. The largest absolute Gasteiger partial charge is 0.461 e. The number of aromatic nitrogens is 2. The minimum absolute atomic E-state index is 0.00779. The van der Waals surface area contributed by atoms with E-state index in [1.807, 2.05) is 0 Å². The summed E-state index contributed by atoms with van der Waals surface area (Å²) in [6, 6.07) is 6.57. The third-order valence-electron chi connectivity index (χ3n) is 12.9. The summed E-state index contributed by atoms with van der Waals surface area (Å²) in [7, 11) is 0. The number of nitrogens with one attached hydrogen (secondary N) is 1. The molecule has 55 heavy (non-hydrogen) atoms. The van der Waals surface area contributed by atoms with Gasteiger partial charge in [-0.2, -0.15) is 15.2 Å². The van der Waals surface area contributed by atoms with Crippen molar-refractivity contribution in [1.29, 1.82) is 5.26 Å². The second-order valence-corrected chi connectivity index (χ2v) is 18.1. The van der Waals surface area contributed by atoms with E-state index in [-0.39, 0.29) is 84.0 Å². The number of thiophene rings is 1. The summed E-state index contributed by atoms with van der Waals surface area (Å²) in [5, 5.41) is 14.3. The molecule has 5 aliphatic heterocycles. The van der Waals surface area contributed by atoms with Crippen molar-refractivity contribution < 1.29 is 18.3 Å². The van der Waals surface area contributed by atoms with E-state index in [1.54, 1.807) is 6.07 Å². The van der Waals surface area contributed by atoms with Crippen molar-refractivity contribution in [2.75, 3.05) is 50.0 Å². The van der Waals surface area contributed by atoms with Crippen LogP contribution < -0.4 is 20.7 Å². The number of anilines is 2. The summed E-state index contributed by atoms with van der Waals surface area (Å²) in [5.41, 5.74) is 7.95. The molecule has 6 fully saturated rings. The molecular weight excluding hydrogens is 742 g/mol. The predicted octanol–water partition coefficient (Wildman–Crippen LogP) is 6.95. The first-order chi connectivity index (χ1) is 26.5. The van der Waals surface area contributed by atoms with Crippen LogP contribution in [0.1, 0.15) is 56.9 Å². The number of carbonyl (C=O) groups is 1. The lowest BCUT2D eigenvalue weighted by molar-refractivity contribution is -0.138. The van der Waals surface area contributed by atoms with Crippen LogP contribution in [0.5, 0.6) is 6.01 Å². The van der Waals surface area contributed by atoms with Gasteiger partial charge in [0.2, 0.25) is 5.91 Å². The molecule has 1 aliphatic carbocycles. The molecule has 7 heterocycles. The number of nitrogens with two attached hydrogens (primary N) is 1. The van der Waals surface area contributed by atoms with Gasteiger partial charge in [-0.05, 0) is 75.0 Å². The molecule has 2 aromatic heterocycles. The molecule has 1 saturated carbocycles. The number of benzene rings is 2. The Bertz CT molecular complexity index is 2390. The molecule has 1 amide bonds. The smallest absolute Gasteiger partial charge is 0.319 e. The minimum Gasteiger partial charge on any atom is -0.461 e. The number of nitrogens with zero attached hydrogens (tertiary/aromatic N) is 6. The van der Waals surface area contributed by atoms with Crippen LogP contribution in [-0.4, -0.2) is 88.2 Å². The number of nitriles is 1. The normalized spacial score (nSPS) is 26.1. The molecule has 3 N–H and O–H groups in total. The Morgan fingerprint density at radius 2 is 1.93 bits per heavy atom. The Morgan fingerprint density at radius 3 is 2.67 bits per heavy atom. The standard InChI is InChI=1S/C41H41ClF2N8O2S/c1-21-14-41(15-22(2)18-51(41)17-21)20-54-39-48-33-25(13-27(42)30(31(33)44)24-7-8-28(43)35-29(24)26(16-45)36(46)55-35)37(49-39)50-12-10-40(19-50)9-3-4-11-52(40)38(53)34-32(47-34)23-5-6-23/h7-8,13,23,32,34,47H,1-6,9-12,14-15,17-20,46H2/t32-,34+,40-/m0/s1. The summed E-state index contributed by atoms with van der Waals surface area (Å²) in [5.74, 6) is -0.0346. The van der Waals surface area contributed by atoms with Crippen molar-refractivity contribution in [1.82, 2.24) is 25.1 Å². The van der Waals surface area contributed by atoms with E-state index in [9.17, 15) is 10.1 Å². The summed E-state index contributed by atoms with van der Waals surface area (Å²) >= 11 is 7.94. The van der Waals surface area contributed by atoms with Gasteiger partial charge < -0.3 is 20.3 Å². The molecular formula is C41H41ClF2N8O2S. The highest BCUT2D eigenvalue weighted by atomic mass is 35.5. The fourth-order valence-electron chi connectivity index (χ4n) is 10.2. The van der Waals surface area contributed by atoms with Gasteiger partial charge in [0.05, 0.1) is 26.4 Å². The molecule has 3 atom stereocenters. The molecule has 0 radical (unpaired) electrons. The van der Waals surface area contributed by atoms with E-state index in [0.29, 0.717) is 36.8 Å². The minimum atomic E-state index is -0.741. The third kappa shape index (κ3) is 5.54. The number of halogens is 3. The second-order valence-electron chi connectivity index (χ2n) is 16.6. The van der Waals surface area contributed by atoms with E-state index in [0.717, 1.165) is 74.1 Å². The van der Waals surface area contributed by atoms with Crippen LogP contribution >= 0.6 is 22.9 Å². The lowest BCUT2D eigenvalue weighted by Crippen LogP contribution is -2.57. The van der Waals surface area contributed by atoms with E-state index < -0.39 is 11.6 Å². The van der Waals surface area contributed by atoms with E-state index in [1.165, 1.54) is 25.0 Å². The first-order valence-electron chi connectivity index (χ1n) is 19.1. The van der Waals surface area contributed by atoms with Crippen molar-refractivity contribution >= 4 is 60.7 Å². The average Bonchev–Trinajstić information content (AvgIpc) is 4.03. The highest BCUT2D eigenvalue weighted by molar-refractivity contribution is 7.23. The fraction of sp³-hybridized carbons (Fsp3) is 0.463. The SMILES string of the molecule is C=C1CN2CC(=C)CC2(COc2nc(N3CC[C@@]4(CCCCN4C(=O)[C@@H]4N[C@H]4C4CC4)C3)c3cc(Cl)c(-c4ccc(F)c5sc(N)c(C#N)c45)c(F)c3n2)C1. The highest BCUT2D eigenvalue weighted by Gasteiger charge is 2.56. The van der Waals surface area contributed by atoms with Crippen molar-refractivity contribution in [2.45, 2.75) is 74.5 Å². The molecule has 284 valence electrons. The maximum Gasteiger partial charge on any atom is 0.319 e. The van der Waals surface area contributed by atoms with Crippen LogP contribution in [0.2, 0.25) is 5.02 Å². The van der Waals surface area contributed by atoms with E-state index in [4.69, 9.17) is 32.0 Å². The Morgan fingerprint density at radius 1 is 1.15 bits per heavy atom. The molecule has 1 spiro atoms. The maximum absolute atomic E-state index is 17.4. The highest BCUT2D eigenvalue weighted by Crippen LogP contribution is 2.48. The number of rotatable bonds is 7. The number of hydrogen-bond donors (Lipinski definition) is 2. The first-order valence-corrected chi connectivity index (χ1v) is 20.3. The van der Waals surface area contributed by atoms with Crippen molar-refractivity contribution in [3.05, 3.63) is 64.7 Å². The Balaban J connectivity index is 1.07. The van der Waals surface area contributed by atoms with Gasteiger partial charge in [0.15, 0.2) is 5.82 Å². The van der Waals surface area contributed by atoms with Gasteiger partial charge in [0, 0.05) is 55.1 Å². The van der Waals surface area contributed by atoms with Gasteiger partial charge in [-0.15, -0.1) is 11.3 Å². The Kier molecular flexibility index (Phi) is 8.03. The van der Waals surface area contributed by atoms with E-state index in [2.05, 4.69) is 39.2 Å². The molecule has 10 nitrogen and oxygen atoms in total. The number of ether oxygens (including phenoxy) is 1. The number of amides is 1. The van der Waals surface area contributed by atoms with Crippen LogP contribution in [-0.2, 0) is 4.79 Å². The summed E-state index contributed by atoms with van der Waals surface area (Å²) in [6.45, 7) is 12.1. The van der Waals surface area contributed by atoms with E-state index >= 15 is 8.78 Å². The van der Waals surface area contributed by atoms with Crippen LogP contribution in [0, 0.1) is 28.9 Å². The van der Waals surface area contributed by atoms with Crippen LogP contribution in [0.4, 0.5) is 19.6 Å². The van der Waals surface area contributed by atoms with Crippen LogP contribution in [0.25, 0.3) is 32.1 Å². The van der Waals surface area contributed by atoms with Crippen molar-refractivity contribution in [3.63, 3.8) is 0 Å². The summed E-state index contributed by atoms with van der Waals surface area (Å²) in [4.78, 5) is 30.3. The van der Waals surface area contributed by atoms with Crippen LogP contribution in [0.15, 0.2) is 42.5 Å². The lowest BCUT2D eigenvalue weighted by atomic mass is 9.85. The van der Waals surface area contributed by atoms with Crippen molar-refractivity contribution in [2.24, 2.45) is 5.92 Å². The van der Waals surface area contributed by atoms with Crippen molar-refractivity contribution in [3.8, 4) is 23.2 Å². The molecule has 2 aromatic carbocycles. The third-order valence-corrected chi connectivity index (χ3v) is 14.3. The fourth-order valence-corrected chi connectivity index (χ4v) is 11.4. The number of carbonyl (C=O) groups excluding carboxylic acids is 1. The van der Waals surface area contributed by atoms with Gasteiger partial charge in [-0.1, -0.05) is 42.0 Å². The molecule has 10 rings (SSSR count). The Labute approximate surface area is 326 Å². The maximum atomic E-state index is 17.4. The quantitative estimate of drug-likeness (QED) is 0.151. The average molecular weight is 783 g/mol. The number of piperidine rings is 1. The van der Waals surface area contributed by atoms with Gasteiger partial charge in [-0.3, -0.25) is 15.0 Å². The zero-order valence-corrected chi connectivity index (χ0v) is 32.0. The zero-order chi connectivity index (χ0) is 38.0. The zero-order valence-electron chi connectivity index (χ0n) is 30.4. The van der Waals surface area contributed by atoms with Gasteiger partial charge in [0.1, 0.15) is 40.9 Å². The van der Waals surface area contributed by atoms with Crippen LogP contribution in [0.3, 0.4) is 0 Å². The number of likely N-dealkylation sites (tertiary alicyclic amines) is 1. The Hall–Kier alpha value is -4.35.